The average Bonchev–Trinajstić information content (AvgIpc) is 3.07. The molecule has 49 heavy (non-hydrogen) atoms. The molecule has 0 radical (unpaired) electrons. The highest BCUT2D eigenvalue weighted by Gasteiger charge is 2.37. The summed E-state index contributed by atoms with van der Waals surface area (Å²) in [7, 11) is -3.16. The van der Waals surface area contributed by atoms with Crippen LogP contribution >= 0.6 is 0 Å². The van der Waals surface area contributed by atoms with Crippen LogP contribution in [-0.4, -0.2) is 63.6 Å². The first-order valence-electron chi connectivity index (χ1n) is 16.9. The van der Waals surface area contributed by atoms with Gasteiger partial charge in [0.15, 0.2) is 0 Å². The number of unbranched alkanes of at least 4 members (excludes halogenated alkanes) is 2. The first kappa shape index (κ1) is 36.3. The van der Waals surface area contributed by atoms with Gasteiger partial charge in [-0.2, -0.15) is 0 Å². The van der Waals surface area contributed by atoms with Crippen LogP contribution in [0.3, 0.4) is 0 Å². The normalized spacial score (nSPS) is 18.0. The van der Waals surface area contributed by atoms with E-state index >= 15 is 13.2 Å². The number of hydrogen-bond acceptors (Lipinski definition) is 7. The molecule has 266 valence electrons. The van der Waals surface area contributed by atoms with Gasteiger partial charge in [0.05, 0.1) is 28.5 Å². The minimum atomic E-state index is -3.44. The van der Waals surface area contributed by atoms with Crippen molar-refractivity contribution in [3.8, 4) is 0 Å². The smallest absolute Gasteiger partial charge is 0.407 e. The zero-order valence-electron chi connectivity index (χ0n) is 27.7. The zero-order valence-corrected chi connectivity index (χ0v) is 28.5. The van der Waals surface area contributed by atoms with Crippen molar-refractivity contribution < 1.29 is 31.5 Å². The van der Waals surface area contributed by atoms with E-state index in [1.807, 2.05) is 6.08 Å². The number of benzene rings is 1. The monoisotopic (exact) mass is 703 g/mol. The molecule has 2 saturated heterocycles. The molecule has 2 aliphatic rings. The van der Waals surface area contributed by atoms with Crippen molar-refractivity contribution in [2.24, 2.45) is 5.92 Å². The number of alkyl halides is 2. The highest BCUT2D eigenvalue weighted by molar-refractivity contribution is 7.91. The van der Waals surface area contributed by atoms with Crippen LogP contribution in [0.1, 0.15) is 93.4 Å². The molecule has 1 amide bonds. The number of allylic oxidation sites excluding steroid dienone is 1. The molecule has 10 nitrogen and oxygen atoms in total. The number of halogens is 3. The third kappa shape index (κ3) is 8.45. The number of nitrogens with zero attached hydrogens (tertiary/aromatic N) is 4. The predicted molar refractivity (Wildman–Crippen MR) is 182 cm³/mol. The summed E-state index contributed by atoms with van der Waals surface area (Å²) in [5, 5.41) is 12.8. The topological polar surface area (TPSA) is 134 Å². The molecule has 1 atom stereocenters. The fourth-order valence-corrected chi connectivity index (χ4v) is 8.45. The van der Waals surface area contributed by atoms with Gasteiger partial charge in [-0.05, 0) is 76.2 Å². The Bertz CT molecular complexity index is 1830. The van der Waals surface area contributed by atoms with Crippen LogP contribution in [0.4, 0.5) is 23.8 Å². The SMILES string of the molecule is C=CCCCCn1c(=O)c(C2CCS(=O)(=O)CC2)cc2c(NC(C)c3cccc(C(F)(F)CCC4CCN(C(=O)O)CC4)c3F)ncnc21. The number of pyridine rings is 1. The Hall–Kier alpha value is -3.94. The van der Waals surface area contributed by atoms with Crippen LogP contribution in [0, 0.1) is 11.7 Å². The third-order valence-corrected chi connectivity index (χ3v) is 11.7. The van der Waals surface area contributed by atoms with E-state index < -0.39 is 45.7 Å². The number of nitrogens with one attached hydrogen (secondary N) is 1. The summed E-state index contributed by atoms with van der Waals surface area (Å²) in [6.45, 7) is 6.36. The Kier molecular flexibility index (Phi) is 11.4. The van der Waals surface area contributed by atoms with Crippen molar-refractivity contribution in [3.63, 3.8) is 0 Å². The molecule has 0 bridgehead atoms. The number of rotatable bonds is 13. The Morgan fingerprint density at radius 3 is 2.55 bits per heavy atom. The number of anilines is 1. The van der Waals surface area contributed by atoms with E-state index in [2.05, 4.69) is 21.9 Å². The van der Waals surface area contributed by atoms with Gasteiger partial charge in [0, 0.05) is 37.2 Å². The first-order chi connectivity index (χ1) is 23.3. The maximum atomic E-state index is 15.9. The summed E-state index contributed by atoms with van der Waals surface area (Å²) in [4.78, 5) is 35.1. The molecule has 2 aromatic heterocycles. The van der Waals surface area contributed by atoms with Crippen molar-refractivity contribution in [3.05, 3.63) is 76.1 Å². The Morgan fingerprint density at radius 2 is 1.88 bits per heavy atom. The van der Waals surface area contributed by atoms with Crippen molar-refractivity contribution in [2.45, 2.75) is 89.1 Å². The fraction of sp³-hybridized carbons (Fsp3) is 0.543. The molecule has 1 aromatic carbocycles. The van der Waals surface area contributed by atoms with Gasteiger partial charge in [-0.3, -0.25) is 9.36 Å². The fourth-order valence-electron chi connectivity index (χ4n) is 6.96. The van der Waals surface area contributed by atoms with Gasteiger partial charge in [0.1, 0.15) is 33.4 Å². The molecule has 2 aliphatic heterocycles. The highest BCUT2D eigenvalue weighted by atomic mass is 32.2. The Labute approximate surface area is 284 Å². The van der Waals surface area contributed by atoms with Gasteiger partial charge in [-0.1, -0.05) is 24.3 Å². The summed E-state index contributed by atoms with van der Waals surface area (Å²) < 4.78 is 72.8. The molecule has 0 spiro atoms. The number of amides is 1. The van der Waals surface area contributed by atoms with Crippen molar-refractivity contribution >= 4 is 32.8 Å². The highest BCUT2D eigenvalue weighted by Crippen LogP contribution is 2.39. The third-order valence-electron chi connectivity index (χ3n) is 9.94. The van der Waals surface area contributed by atoms with Crippen molar-refractivity contribution in [1.29, 1.82) is 0 Å². The lowest BCUT2D eigenvalue weighted by Gasteiger charge is -2.31. The van der Waals surface area contributed by atoms with Crippen LogP contribution in [-0.2, 0) is 22.3 Å². The van der Waals surface area contributed by atoms with Gasteiger partial charge in [-0.15, -0.1) is 6.58 Å². The molecular formula is C35H44F3N5O5S. The molecule has 14 heteroatoms. The molecule has 1 unspecified atom stereocenters. The second kappa shape index (κ2) is 15.3. The number of sulfone groups is 1. The van der Waals surface area contributed by atoms with Crippen LogP contribution in [0.25, 0.3) is 11.0 Å². The quantitative estimate of drug-likeness (QED) is 0.143. The van der Waals surface area contributed by atoms with Crippen molar-refractivity contribution in [1.82, 2.24) is 19.4 Å². The summed E-state index contributed by atoms with van der Waals surface area (Å²) >= 11 is 0. The zero-order chi connectivity index (χ0) is 35.3. The largest absolute Gasteiger partial charge is 0.465 e. The summed E-state index contributed by atoms with van der Waals surface area (Å²) in [6, 6.07) is 4.84. The van der Waals surface area contributed by atoms with E-state index in [-0.39, 0.29) is 40.9 Å². The summed E-state index contributed by atoms with van der Waals surface area (Å²) in [6.07, 6.45) is 5.56. The number of fused-ring (bicyclic) bond motifs is 1. The molecule has 2 N–H and O–H groups in total. The van der Waals surface area contributed by atoms with E-state index in [4.69, 9.17) is 5.11 Å². The predicted octanol–water partition coefficient (Wildman–Crippen LogP) is 7.01. The standard InChI is InChI=1S/C35H44F3N5O5S/c1-3-4-5-6-16-43-32-28(21-27(33(43)44)25-13-19-49(47,48)20-14-25)31(39-22-40-32)41-23(2)26-8-7-9-29(30(26)36)35(37,38)15-10-24-11-17-42(18-12-24)34(45)46/h3,7-9,21-25H,1,4-6,10-20H2,2H3,(H,45,46)(H,39,40,41). The van der Waals surface area contributed by atoms with Crippen LogP contribution in [0.5, 0.6) is 0 Å². The van der Waals surface area contributed by atoms with Gasteiger partial charge in [0.2, 0.25) is 0 Å². The molecule has 0 saturated carbocycles. The molecule has 2 fully saturated rings. The van der Waals surface area contributed by atoms with E-state index in [1.165, 1.54) is 23.4 Å². The lowest BCUT2D eigenvalue weighted by atomic mass is 9.89. The number of aromatic nitrogens is 3. The summed E-state index contributed by atoms with van der Waals surface area (Å²) in [5.41, 5.74) is -0.0683. The van der Waals surface area contributed by atoms with E-state index in [0.29, 0.717) is 74.2 Å². The molecule has 3 aromatic rings. The molecular weight excluding hydrogens is 659 g/mol. The number of likely N-dealkylation sites (tertiary alicyclic amines) is 1. The summed E-state index contributed by atoms with van der Waals surface area (Å²) in [5.74, 6) is -4.51. The molecule has 0 aliphatic carbocycles. The minimum absolute atomic E-state index is 0.00779. The minimum Gasteiger partial charge on any atom is -0.465 e. The van der Waals surface area contributed by atoms with Gasteiger partial charge in [0.25, 0.3) is 11.5 Å². The van der Waals surface area contributed by atoms with E-state index in [0.717, 1.165) is 18.9 Å². The number of aryl methyl sites for hydroxylation is 1. The second-order valence-corrected chi connectivity index (χ2v) is 15.6. The lowest BCUT2D eigenvalue weighted by Crippen LogP contribution is -2.37. The van der Waals surface area contributed by atoms with Crippen molar-refractivity contribution in [2.75, 3.05) is 29.9 Å². The van der Waals surface area contributed by atoms with Crippen LogP contribution in [0.2, 0.25) is 0 Å². The maximum absolute atomic E-state index is 15.9. The van der Waals surface area contributed by atoms with E-state index in [1.54, 1.807) is 17.6 Å². The van der Waals surface area contributed by atoms with Gasteiger partial charge >= 0.3 is 6.09 Å². The number of carboxylic acid groups (broad SMARTS) is 1. The average molecular weight is 704 g/mol. The number of piperidine rings is 1. The van der Waals surface area contributed by atoms with Gasteiger partial charge < -0.3 is 15.3 Å². The lowest BCUT2D eigenvalue weighted by molar-refractivity contribution is -0.0248. The Morgan fingerprint density at radius 1 is 1.16 bits per heavy atom. The first-order valence-corrected chi connectivity index (χ1v) is 18.7. The number of carbonyl (C=O) groups is 1. The number of hydrogen-bond donors (Lipinski definition) is 2. The molecule has 5 rings (SSSR count). The van der Waals surface area contributed by atoms with Crippen LogP contribution < -0.4 is 10.9 Å². The maximum Gasteiger partial charge on any atom is 0.407 e. The molecule has 4 heterocycles. The van der Waals surface area contributed by atoms with E-state index in [9.17, 15) is 18.0 Å². The van der Waals surface area contributed by atoms with Gasteiger partial charge in [-0.25, -0.2) is 36.4 Å². The van der Waals surface area contributed by atoms with Crippen LogP contribution in [0.15, 0.2) is 48.0 Å². The Balaban J connectivity index is 1.40. The second-order valence-electron chi connectivity index (χ2n) is 13.3.